The number of aromatic nitrogens is 2. The number of aryl methyl sites for hydroxylation is 1. The van der Waals surface area contributed by atoms with E-state index in [0.29, 0.717) is 17.6 Å². The predicted octanol–water partition coefficient (Wildman–Crippen LogP) is 8.27. The number of hydrogen-bond acceptors (Lipinski definition) is 4. The maximum atomic E-state index is 7.05. The predicted molar refractivity (Wildman–Crippen MR) is 148 cm³/mol. The van der Waals surface area contributed by atoms with Crippen LogP contribution in [0.3, 0.4) is 0 Å². The summed E-state index contributed by atoms with van der Waals surface area (Å²) in [6, 6.07) is 23.4. The van der Waals surface area contributed by atoms with E-state index in [0.717, 1.165) is 25.0 Å². The Labute approximate surface area is 215 Å². The molecule has 1 aliphatic rings. The highest BCUT2D eigenvalue weighted by molar-refractivity contribution is 6.74. The van der Waals surface area contributed by atoms with Gasteiger partial charge in [0.05, 0.1) is 6.20 Å². The van der Waals surface area contributed by atoms with Crippen LogP contribution >= 0.6 is 0 Å². The zero-order valence-corrected chi connectivity index (χ0v) is 23.0. The fourth-order valence-corrected chi connectivity index (χ4v) is 6.02. The number of fused-ring (bicyclic) bond motifs is 1. The van der Waals surface area contributed by atoms with Gasteiger partial charge >= 0.3 is 0 Å². The first-order valence-electron chi connectivity index (χ1n) is 12.9. The molecule has 2 unspecified atom stereocenters. The van der Waals surface area contributed by atoms with Crippen molar-refractivity contribution in [2.24, 2.45) is 5.92 Å². The van der Waals surface area contributed by atoms with Gasteiger partial charge in [0, 0.05) is 6.20 Å². The zero-order chi connectivity index (χ0) is 25.3. The summed E-state index contributed by atoms with van der Waals surface area (Å²) < 4.78 is 13.4. The van der Waals surface area contributed by atoms with Crippen LogP contribution in [0.2, 0.25) is 18.1 Å². The molecule has 4 nitrogen and oxygen atoms in total. The van der Waals surface area contributed by atoms with Crippen LogP contribution in [0.1, 0.15) is 50.3 Å². The van der Waals surface area contributed by atoms with Gasteiger partial charge in [-0.1, -0.05) is 75.4 Å². The molecule has 0 radical (unpaired) electrons. The molecule has 0 aliphatic heterocycles. The Bertz CT molecular complexity index is 1310. The monoisotopic (exact) mass is 496 g/mol. The van der Waals surface area contributed by atoms with E-state index in [9.17, 15) is 0 Å². The number of nitrogens with zero attached hydrogens (tertiary/aromatic N) is 2. The summed E-state index contributed by atoms with van der Waals surface area (Å²) in [6.45, 7) is 11.5. The third-order valence-electron chi connectivity index (χ3n) is 7.92. The van der Waals surface area contributed by atoms with Crippen LogP contribution in [0.4, 0.5) is 0 Å². The van der Waals surface area contributed by atoms with Crippen molar-refractivity contribution in [3.05, 3.63) is 96.1 Å². The Morgan fingerprint density at radius 1 is 0.917 bits per heavy atom. The zero-order valence-electron chi connectivity index (χ0n) is 22.0. The lowest BCUT2D eigenvalue weighted by molar-refractivity contribution is 0.0832. The van der Waals surface area contributed by atoms with E-state index in [2.05, 4.69) is 87.4 Å². The van der Waals surface area contributed by atoms with Crippen molar-refractivity contribution in [1.29, 1.82) is 0 Å². The fourth-order valence-electron chi connectivity index (χ4n) is 4.74. The third kappa shape index (κ3) is 5.09. The first-order valence-corrected chi connectivity index (χ1v) is 15.8. The molecule has 36 heavy (non-hydrogen) atoms. The summed E-state index contributed by atoms with van der Waals surface area (Å²) >= 11 is 0. The minimum atomic E-state index is -2.07. The SMILES string of the molecule is CC(C)(C)[Si](C)(C)OC(c1ncc(-c2ccccn2)o1)C1CCc2cc(-c3ccccc3)ccc2C1. The van der Waals surface area contributed by atoms with Gasteiger partial charge in [0.25, 0.3) is 0 Å². The molecule has 0 N–H and O–H groups in total. The van der Waals surface area contributed by atoms with Gasteiger partial charge in [0.2, 0.25) is 5.89 Å². The number of benzene rings is 2. The average Bonchev–Trinajstić information content (AvgIpc) is 3.37. The molecule has 0 spiro atoms. The van der Waals surface area contributed by atoms with Crippen molar-refractivity contribution in [2.75, 3.05) is 0 Å². The topological polar surface area (TPSA) is 48.2 Å². The second kappa shape index (κ2) is 9.79. The van der Waals surface area contributed by atoms with E-state index in [4.69, 9.17) is 13.8 Å². The van der Waals surface area contributed by atoms with E-state index >= 15 is 0 Å². The van der Waals surface area contributed by atoms with Gasteiger partial charge in [-0.2, -0.15) is 0 Å². The van der Waals surface area contributed by atoms with Crippen molar-refractivity contribution in [3.63, 3.8) is 0 Å². The largest absolute Gasteiger partial charge is 0.436 e. The summed E-state index contributed by atoms with van der Waals surface area (Å²) in [7, 11) is -2.07. The summed E-state index contributed by atoms with van der Waals surface area (Å²) in [5, 5.41) is 0.0960. The smallest absolute Gasteiger partial charge is 0.223 e. The highest BCUT2D eigenvalue weighted by atomic mass is 28.4. The second-order valence-corrected chi connectivity index (χ2v) is 16.2. The Kier molecular flexibility index (Phi) is 6.71. The minimum Gasteiger partial charge on any atom is -0.436 e. The molecule has 2 heterocycles. The van der Waals surface area contributed by atoms with Crippen LogP contribution in [0, 0.1) is 5.92 Å². The molecule has 0 amide bonds. The van der Waals surface area contributed by atoms with Gasteiger partial charge in [-0.15, -0.1) is 0 Å². The van der Waals surface area contributed by atoms with Crippen molar-refractivity contribution in [3.8, 4) is 22.6 Å². The second-order valence-electron chi connectivity index (χ2n) is 11.4. The van der Waals surface area contributed by atoms with Gasteiger partial charge in [0.15, 0.2) is 14.1 Å². The molecule has 2 aromatic heterocycles. The number of rotatable bonds is 6. The van der Waals surface area contributed by atoms with Crippen LogP contribution in [-0.2, 0) is 17.3 Å². The average molecular weight is 497 g/mol. The first-order chi connectivity index (χ1) is 17.2. The molecule has 5 heteroatoms. The highest BCUT2D eigenvalue weighted by Crippen LogP contribution is 2.45. The lowest BCUT2D eigenvalue weighted by Crippen LogP contribution is -2.43. The maximum absolute atomic E-state index is 7.05. The Balaban J connectivity index is 1.45. The summed E-state index contributed by atoms with van der Waals surface area (Å²) in [4.78, 5) is 9.18. The summed E-state index contributed by atoms with van der Waals surface area (Å²) in [5.41, 5.74) is 6.20. The van der Waals surface area contributed by atoms with Crippen molar-refractivity contribution in [2.45, 2.75) is 64.3 Å². The lowest BCUT2D eigenvalue weighted by Gasteiger charge is -2.41. The highest BCUT2D eigenvalue weighted by Gasteiger charge is 2.43. The van der Waals surface area contributed by atoms with Crippen LogP contribution < -0.4 is 0 Å². The van der Waals surface area contributed by atoms with Gasteiger partial charge < -0.3 is 8.84 Å². The van der Waals surface area contributed by atoms with Crippen molar-refractivity contribution >= 4 is 8.32 Å². The van der Waals surface area contributed by atoms with E-state index < -0.39 is 8.32 Å². The van der Waals surface area contributed by atoms with Crippen LogP contribution in [-0.4, -0.2) is 18.3 Å². The quantitative estimate of drug-likeness (QED) is 0.252. The summed E-state index contributed by atoms with van der Waals surface area (Å²) in [6.07, 6.45) is 6.44. The maximum Gasteiger partial charge on any atom is 0.223 e. The molecule has 0 fully saturated rings. The minimum absolute atomic E-state index is 0.0960. The van der Waals surface area contributed by atoms with Crippen LogP contribution in [0.5, 0.6) is 0 Å². The third-order valence-corrected chi connectivity index (χ3v) is 12.4. The molecular weight excluding hydrogens is 460 g/mol. The molecule has 2 aromatic carbocycles. The van der Waals surface area contributed by atoms with Crippen LogP contribution in [0.15, 0.2) is 83.5 Å². The van der Waals surface area contributed by atoms with Gasteiger partial charge in [0.1, 0.15) is 11.8 Å². The molecule has 0 saturated heterocycles. The number of pyridine rings is 1. The lowest BCUT2D eigenvalue weighted by atomic mass is 9.80. The standard InChI is InChI=1S/C31H36N2O2Si/c1-31(2,3)36(4,5)35-29(30-33-21-28(34-30)27-13-9-10-18-32-27)26-17-16-24-19-23(14-15-25(24)20-26)22-11-7-6-8-12-22/h6-15,18-19,21,26,29H,16-17,20H2,1-5H3. The van der Waals surface area contributed by atoms with Gasteiger partial charge in [-0.3, -0.25) is 4.98 Å². The van der Waals surface area contributed by atoms with Crippen LogP contribution in [0.25, 0.3) is 22.6 Å². The van der Waals surface area contributed by atoms with Gasteiger partial charge in [-0.05, 0) is 77.7 Å². The normalized spacial score (nSPS) is 17.0. The van der Waals surface area contributed by atoms with E-state index in [1.807, 2.05) is 18.2 Å². The molecule has 186 valence electrons. The van der Waals surface area contributed by atoms with Crippen molar-refractivity contribution in [1.82, 2.24) is 9.97 Å². The molecule has 0 saturated carbocycles. The van der Waals surface area contributed by atoms with E-state index in [-0.39, 0.29) is 11.1 Å². The Morgan fingerprint density at radius 3 is 2.42 bits per heavy atom. The molecule has 5 rings (SSSR count). The van der Waals surface area contributed by atoms with E-state index in [1.165, 1.54) is 22.3 Å². The first kappa shape index (κ1) is 24.7. The number of hydrogen-bond donors (Lipinski definition) is 0. The molecule has 0 bridgehead atoms. The van der Waals surface area contributed by atoms with Gasteiger partial charge in [-0.25, -0.2) is 4.98 Å². The van der Waals surface area contributed by atoms with Crippen molar-refractivity contribution < 1.29 is 8.84 Å². The fraction of sp³-hybridized carbons (Fsp3) is 0.355. The Morgan fingerprint density at radius 2 is 1.69 bits per heavy atom. The molecular formula is C31H36N2O2Si. The molecule has 4 aromatic rings. The number of oxazole rings is 1. The molecule has 1 aliphatic carbocycles. The summed E-state index contributed by atoms with van der Waals surface area (Å²) in [5.74, 6) is 1.68. The van der Waals surface area contributed by atoms with E-state index in [1.54, 1.807) is 12.4 Å². The molecule has 2 atom stereocenters. The Hall–Kier alpha value is -3.02.